The van der Waals surface area contributed by atoms with Crippen LogP contribution in [0.2, 0.25) is 0 Å². The molecular weight excluding hydrogens is 454 g/mol. The minimum atomic E-state index is -0.915. The molecule has 4 N–H and O–H groups in total. The molecule has 0 radical (unpaired) electrons. The Morgan fingerprint density at radius 3 is 2.39 bits per heavy atom. The molecule has 11 nitrogen and oxygen atoms in total. The topological polar surface area (TPSA) is 159 Å². The highest BCUT2D eigenvalue weighted by Gasteiger charge is 2.22. The minimum absolute atomic E-state index is 0.0182. The van der Waals surface area contributed by atoms with Gasteiger partial charge in [0.1, 0.15) is 5.00 Å². The van der Waals surface area contributed by atoms with Crippen LogP contribution in [0.1, 0.15) is 31.3 Å². The number of rotatable bonds is 9. The summed E-state index contributed by atoms with van der Waals surface area (Å²) < 4.78 is 20.6. The van der Waals surface area contributed by atoms with E-state index in [0.717, 1.165) is 11.3 Å². The van der Waals surface area contributed by atoms with Gasteiger partial charge in [0, 0.05) is 12.1 Å². The van der Waals surface area contributed by atoms with Crippen molar-refractivity contribution in [3.63, 3.8) is 0 Å². The van der Waals surface area contributed by atoms with Gasteiger partial charge in [-0.05, 0) is 23.6 Å². The number of nitrogens with two attached hydrogens (primary N) is 1. The molecule has 0 saturated carbocycles. The van der Waals surface area contributed by atoms with Crippen molar-refractivity contribution in [1.29, 1.82) is 0 Å². The van der Waals surface area contributed by atoms with Crippen LogP contribution in [0.15, 0.2) is 46.4 Å². The number of anilines is 2. The average molecular weight is 473 g/mol. The summed E-state index contributed by atoms with van der Waals surface area (Å²) in [4.78, 5) is 48.7. The first-order valence-electron chi connectivity index (χ1n) is 9.29. The Bertz CT molecular complexity index is 1190. The van der Waals surface area contributed by atoms with Crippen LogP contribution in [-0.2, 0) is 9.53 Å². The first kappa shape index (κ1) is 23.3. The zero-order valence-corrected chi connectivity index (χ0v) is 18.3. The molecular formula is C21H19N3O8S. The largest absolute Gasteiger partial charge is 0.493 e. The second-order valence-corrected chi connectivity index (χ2v) is 7.25. The normalized spacial score (nSPS) is 10.2. The summed E-state index contributed by atoms with van der Waals surface area (Å²) in [5, 5.41) is 6.82. The number of carbonyl (C=O) groups is 4. The van der Waals surface area contributed by atoms with Crippen molar-refractivity contribution in [1.82, 2.24) is 0 Å². The number of esters is 1. The Morgan fingerprint density at radius 1 is 1.03 bits per heavy atom. The maximum absolute atomic E-state index is 12.7. The number of benzene rings is 1. The number of amides is 3. The molecule has 0 atom stereocenters. The standard InChI is InChI=1S/C21H19N3O8S/c1-29-15-8-12(13(9-16(15)30-2)23-19(27)14-4-3-6-31-14)21(28)32-10-17(25)24-20-11(18(22)26)5-7-33-20/h3-9H,10H2,1-2H3,(H2,22,26)(H,23,27)(H,24,25). The van der Waals surface area contributed by atoms with Crippen LogP contribution in [0.3, 0.4) is 0 Å². The fourth-order valence-corrected chi connectivity index (χ4v) is 3.52. The van der Waals surface area contributed by atoms with Crippen LogP contribution in [0, 0.1) is 0 Å². The van der Waals surface area contributed by atoms with Crippen LogP contribution in [-0.4, -0.2) is 44.5 Å². The van der Waals surface area contributed by atoms with E-state index < -0.39 is 30.3 Å². The van der Waals surface area contributed by atoms with Crippen LogP contribution in [0.4, 0.5) is 10.7 Å². The molecule has 3 rings (SSSR count). The van der Waals surface area contributed by atoms with Crippen LogP contribution >= 0.6 is 11.3 Å². The Hall–Kier alpha value is -4.32. The summed E-state index contributed by atoms with van der Waals surface area (Å²) in [5.74, 6) is -2.45. The molecule has 33 heavy (non-hydrogen) atoms. The van der Waals surface area contributed by atoms with E-state index in [1.165, 1.54) is 50.8 Å². The molecule has 0 saturated heterocycles. The van der Waals surface area contributed by atoms with Gasteiger partial charge in [-0.1, -0.05) is 0 Å². The summed E-state index contributed by atoms with van der Waals surface area (Å²) in [6.45, 7) is -0.658. The molecule has 0 spiro atoms. The number of hydrogen-bond donors (Lipinski definition) is 3. The number of methoxy groups -OCH3 is 2. The van der Waals surface area contributed by atoms with Crippen molar-refractivity contribution in [3.05, 3.63) is 58.9 Å². The lowest BCUT2D eigenvalue weighted by Gasteiger charge is -2.15. The van der Waals surface area contributed by atoms with E-state index in [1.54, 1.807) is 5.38 Å². The molecule has 1 aromatic carbocycles. The van der Waals surface area contributed by atoms with Crippen LogP contribution in [0.5, 0.6) is 11.5 Å². The number of primary amides is 1. The van der Waals surface area contributed by atoms with Crippen molar-refractivity contribution >= 4 is 45.7 Å². The Morgan fingerprint density at radius 2 is 1.76 bits per heavy atom. The second kappa shape index (κ2) is 10.3. The van der Waals surface area contributed by atoms with Gasteiger partial charge in [-0.15, -0.1) is 11.3 Å². The van der Waals surface area contributed by atoms with E-state index in [4.69, 9.17) is 24.4 Å². The van der Waals surface area contributed by atoms with Crippen molar-refractivity contribution in [2.75, 3.05) is 31.5 Å². The van der Waals surface area contributed by atoms with Crippen molar-refractivity contribution in [2.24, 2.45) is 5.73 Å². The summed E-state index contributed by atoms with van der Waals surface area (Å²) in [7, 11) is 2.77. The highest BCUT2D eigenvalue weighted by molar-refractivity contribution is 7.14. The van der Waals surface area contributed by atoms with Gasteiger partial charge < -0.3 is 35.0 Å². The zero-order valence-electron chi connectivity index (χ0n) is 17.5. The average Bonchev–Trinajstić information content (AvgIpc) is 3.49. The van der Waals surface area contributed by atoms with Gasteiger partial charge in [0.15, 0.2) is 23.9 Å². The van der Waals surface area contributed by atoms with Gasteiger partial charge in [-0.2, -0.15) is 0 Å². The Labute approximate surface area is 191 Å². The third kappa shape index (κ3) is 5.49. The van der Waals surface area contributed by atoms with E-state index in [2.05, 4.69) is 10.6 Å². The first-order valence-corrected chi connectivity index (χ1v) is 10.2. The van der Waals surface area contributed by atoms with Crippen LogP contribution in [0.25, 0.3) is 0 Å². The Kier molecular flexibility index (Phi) is 7.31. The molecule has 3 aromatic rings. The number of carbonyl (C=O) groups excluding carboxylic acids is 4. The number of furan rings is 1. The summed E-state index contributed by atoms with van der Waals surface area (Å²) in [6, 6.07) is 7.13. The SMILES string of the molecule is COc1cc(NC(=O)c2ccco2)c(C(=O)OCC(=O)Nc2sccc2C(N)=O)cc1OC. The van der Waals surface area contributed by atoms with E-state index >= 15 is 0 Å². The van der Waals surface area contributed by atoms with Gasteiger partial charge in [-0.25, -0.2) is 4.79 Å². The second-order valence-electron chi connectivity index (χ2n) is 6.34. The number of ether oxygens (including phenoxy) is 3. The molecule has 0 unspecified atom stereocenters. The maximum Gasteiger partial charge on any atom is 0.340 e. The van der Waals surface area contributed by atoms with E-state index in [0.29, 0.717) is 0 Å². The fourth-order valence-electron chi connectivity index (χ4n) is 2.71. The van der Waals surface area contributed by atoms with Gasteiger partial charge >= 0.3 is 5.97 Å². The van der Waals surface area contributed by atoms with E-state index in [1.807, 2.05) is 0 Å². The maximum atomic E-state index is 12.7. The van der Waals surface area contributed by atoms with Gasteiger partial charge in [0.2, 0.25) is 0 Å². The number of nitrogens with one attached hydrogen (secondary N) is 2. The lowest BCUT2D eigenvalue weighted by molar-refractivity contribution is -0.119. The molecule has 0 bridgehead atoms. The summed E-state index contributed by atoms with van der Waals surface area (Å²) in [6.07, 6.45) is 1.33. The predicted molar refractivity (Wildman–Crippen MR) is 118 cm³/mol. The molecule has 12 heteroatoms. The molecule has 2 aromatic heterocycles. The lowest BCUT2D eigenvalue weighted by atomic mass is 10.1. The molecule has 0 fully saturated rings. The number of hydrogen-bond acceptors (Lipinski definition) is 9. The summed E-state index contributed by atoms with van der Waals surface area (Å²) >= 11 is 1.09. The van der Waals surface area contributed by atoms with Crippen LogP contribution < -0.4 is 25.8 Å². The van der Waals surface area contributed by atoms with Crippen molar-refractivity contribution < 1.29 is 37.8 Å². The third-order valence-corrected chi connectivity index (χ3v) is 5.08. The third-order valence-electron chi connectivity index (χ3n) is 4.25. The lowest BCUT2D eigenvalue weighted by Crippen LogP contribution is -2.23. The zero-order chi connectivity index (χ0) is 24.0. The molecule has 2 heterocycles. The molecule has 172 valence electrons. The van der Waals surface area contributed by atoms with Crippen molar-refractivity contribution in [2.45, 2.75) is 0 Å². The first-order chi connectivity index (χ1) is 15.8. The van der Waals surface area contributed by atoms with E-state index in [9.17, 15) is 19.2 Å². The van der Waals surface area contributed by atoms with Gasteiger partial charge in [-0.3, -0.25) is 14.4 Å². The van der Waals surface area contributed by atoms with Gasteiger partial charge in [0.05, 0.1) is 37.3 Å². The van der Waals surface area contributed by atoms with Gasteiger partial charge in [0.25, 0.3) is 17.7 Å². The summed E-state index contributed by atoms with van der Waals surface area (Å²) in [5.41, 5.74) is 5.35. The highest BCUT2D eigenvalue weighted by atomic mass is 32.1. The number of thiophene rings is 1. The molecule has 3 amide bonds. The monoisotopic (exact) mass is 473 g/mol. The quantitative estimate of drug-likeness (QED) is 0.400. The smallest absolute Gasteiger partial charge is 0.340 e. The molecule has 0 aliphatic heterocycles. The Balaban J connectivity index is 1.77. The molecule has 0 aliphatic carbocycles. The molecule has 0 aliphatic rings. The van der Waals surface area contributed by atoms with E-state index in [-0.39, 0.29) is 39.1 Å². The highest BCUT2D eigenvalue weighted by Crippen LogP contribution is 2.34. The minimum Gasteiger partial charge on any atom is -0.493 e. The fraction of sp³-hybridized carbons (Fsp3) is 0.143. The predicted octanol–water partition coefficient (Wildman–Crippen LogP) is 2.51. The van der Waals surface area contributed by atoms with Crippen molar-refractivity contribution in [3.8, 4) is 11.5 Å².